The molecular weight excluding hydrogens is 188 g/mol. The number of sulfonamides is 1. The highest BCUT2D eigenvalue weighted by molar-refractivity contribution is 7.88. The summed E-state index contributed by atoms with van der Waals surface area (Å²) in [5.41, 5.74) is 0. The van der Waals surface area contributed by atoms with E-state index in [1.54, 1.807) is 0 Å². The molecule has 0 aliphatic heterocycles. The average molecular weight is 202 g/mol. The van der Waals surface area contributed by atoms with Crippen molar-refractivity contribution in [3.05, 3.63) is 0 Å². The zero-order chi connectivity index (χ0) is 9.90. The fourth-order valence-corrected chi connectivity index (χ4v) is 2.82. The molecule has 0 aromatic carbocycles. The first-order valence-corrected chi connectivity index (χ1v) is 6.24. The van der Waals surface area contributed by atoms with Crippen molar-refractivity contribution in [1.82, 2.24) is 4.31 Å². The van der Waals surface area contributed by atoms with E-state index in [1.165, 1.54) is 10.6 Å². The van der Waals surface area contributed by atoms with Crippen molar-refractivity contribution in [3.8, 4) is 6.07 Å². The summed E-state index contributed by atoms with van der Waals surface area (Å²) in [4.78, 5) is 0. The Hall–Kier alpha value is -0.600. The highest BCUT2D eigenvalue weighted by Crippen LogP contribution is 2.24. The van der Waals surface area contributed by atoms with Crippen LogP contribution in [0.15, 0.2) is 0 Å². The van der Waals surface area contributed by atoms with E-state index in [2.05, 4.69) is 0 Å². The first kappa shape index (κ1) is 10.5. The molecule has 0 atom stereocenters. The van der Waals surface area contributed by atoms with E-state index in [-0.39, 0.29) is 12.6 Å². The normalized spacial score (nSPS) is 19.2. The molecule has 0 heterocycles. The van der Waals surface area contributed by atoms with E-state index < -0.39 is 10.0 Å². The molecular formula is C8H14N2O2S. The quantitative estimate of drug-likeness (QED) is 0.633. The topological polar surface area (TPSA) is 61.2 Å². The zero-order valence-electron chi connectivity index (χ0n) is 7.73. The van der Waals surface area contributed by atoms with Crippen LogP contribution in [-0.2, 0) is 10.0 Å². The van der Waals surface area contributed by atoms with Crippen molar-refractivity contribution in [1.29, 1.82) is 5.26 Å². The van der Waals surface area contributed by atoms with E-state index in [4.69, 9.17) is 5.26 Å². The molecule has 0 spiro atoms. The minimum Gasteiger partial charge on any atom is -0.212 e. The maximum absolute atomic E-state index is 11.3. The van der Waals surface area contributed by atoms with Gasteiger partial charge >= 0.3 is 0 Å². The summed E-state index contributed by atoms with van der Waals surface area (Å²) < 4.78 is 23.9. The first-order chi connectivity index (χ1) is 6.05. The number of nitriles is 1. The van der Waals surface area contributed by atoms with Crippen LogP contribution >= 0.6 is 0 Å². The highest BCUT2D eigenvalue weighted by Gasteiger charge is 2.28. The van der Waals surface area contributed by atoms with Crippen LogP contribution in [0.1, 0.15) is 25.7 Å². The van der Waals surface area contributed by atoms with Crippen LogP contribution in [0.3, 0.4) is 0 Å². The van der Waals surface area contributed by atoms with Crippen molar-refractivity contribution in [2.45, 2.75) is 31.7 Å². The molecule has 0 aromatic rings. The summed E-state index contributed by atoms with van der Waals surface area (Å²) in [7, 11) is -3.20. The van der Waals surface area contributed by atoms with Crippen LogP contribution in [0.4, 0.5) is 0 Å². The Morgan fingerprint density at radius 2 is 2.00 bits per heavy atom. The van der Waals surface area contributed by atoms with Crippen molar-refractivity contribution >= 4 is 10.0 Å². The molecule has 1 fully saturated rings. The molecule has 0 radical (unpaired) electrons. The van der Waals surface area contributed by atoms with Gasteiger partial charge in [0.05, 0.1) is 12.3 Å². The summed E-state index contributed by atoms with van der Waals surface area (Å²) in [6.07, 6.45) is 5.11. The van der Waals surface area contributed by atoms with Gasteiger partial charge < -0.3 is 0 Å². The Bertz CT molecular complexity index is 299. The summed E-state index contributed by atoms with van der Waals surface area (Å²) >= 11 is 0. The number of hydrogen-bond acceptors (Lipinski definition) is 3. The Morgan fingerprint density at radius 1 is 1.46 bits per heavy atom. The standard InChI is InChI=1S/C8H14N2O2S/c1-13(11,12)10(7-6-9)8-4-2-3-5-8/h8H,2-5,7H2,1H3. The van der Waals surface area contributed by atoms with Gasteiger partial charge in [-0.3, -0.25) is 0 Å². The molecule has 13 heavy (non-hydrogen) atoms. The summed E-state index contributed by atoms with van der Waals surface area (Å²) in [5, 5.41) is 8.50. The predicted molar refractivity (Wildman–Crippen MR) is 49.4 cm³/mol. The second-order valence-electron chi connectivity index (χ2n) is 3.40. The smallest absolute Gasteiger partial charge is 0.212 e. The van der Waals surface area contributed by atoms with Gasteiger partial charge in [-0.05, 0) is 12.8 Å². The van der Waals surface area contributed by atoms with Gasteiger partial charge in [-0.15, -0.1) is 0 Å². The van der Waals surface area contributed by atoms with Crippen molar-refractivity contribution < 1.29 is 8.42 Å². The van der Waals surface area contributed by atoms with Gasteiger partial charge in [0.1, 0.15) is 6.54 Å². The Labute approximate surface area is 79.2 Å². The minimum atomic E-state index is -3.20. The number of rotatable bonds is 3. The lowest BCUT2D eigenvalue weighted by molar-refractivity contribution is 0.353. The third kappa shape index (κ3) is 2.68. The van der Waals surface area contributed by atoms with E-state index in [9.17, 15) is 8.42 Å². The molecule has 0 unspecified atom stereocenters. The molecule has 0 bridgehead atoms. The van der Waals surface area contributed by atoms with Crippen LogP contribution in [-0.4, -0.2) is 31.6 Å². The van der Waals surface area contributed by atoms with E-state index in [0.717, 1.165) is 25.7 Å². The zero-order valence-corrected chi connectivity index (χ0v) is 8.55. The monoisotopic (exact) mass is 202 g/mol. The van der Waals surface area contributed by atoms with Gasteiger partial charge in [-0.2, -0.15) is 9.57 Å². The minimum absolute atomic E-state index is 0.0104. The van der Waals surface area contributed by atoms with E-state index in [0.29, 0.717) is 0 Å². The third-order valence-corrected chi connectivity index (χ3v) is 3.66. The summed E-state index contributed by atoms with van der Waals surface area (Å²) in [5.74, 6) is 0. The molecule has 74 valence electrons. The fraction of sp³-hybridized carbons (Fsp3) is 0.875. The van der Waals surface area contributed by atoms with Crippen LogP contribution in [0, 0.1) is 11.3 Å². The highest BCUT2D eigenvalue weighted by atomic mass is 32.2. The maximum Gasteiger partial charge on any atom is 0.212 e. The summed E-state index contributed by atoms with van der Waals surface area (Å²) in [6, 6.07) is 1.96. The molecule has 0 saturated heterocycles. The lowest BCUT2D eigenvalue weighted by Crippen LogP contribution is -2.38. The molecule has 4 nitrogen and oxygen atoms in total. The number of nitrogens with zero attached hydrogens (tertiary/aromatic N) is 2. The maximum atomic E-state index is 11.3. The van der Waals surface area contributed by atoms with Gasteiger partial charge in [0.15, 0.2) is 0 Å². The largest absolute Gasteiger partial charge is 0.212 e. The van der Waals surface area contributed by atoms with Crippen LogP contribution in [0.25, 0.3) is 0 Å². The SMILES string of the molecule is CS(=O)(=O)N(CC#N)C1CCCC1. The fourth-order valence-electron chi connectivity index (χ4n) is 1.78. The molecule has 0 N–H and O–H groups in total. The molecule has 1 rings (SSSR count). The van der Waals surface area contributed by atoms with Gasteiger partial charge in [-0.1, -0.05) is 12.8 Å². The molecule has 1 saturated carbocycles. The Morgan fingerprint density at radius 3 is 2.38 bits per heavy atom. The van der Waals surface area contributed by atoms with Crippen molar-refractivity contribution in [2.24, 2.45) is 0 Å². The van der Waals surface area contributed by atoms with Gasteiger partial charge in [0.2, 0.25) is 10.0 Å². The number of hydrogen-bond donors (Lipinski definition) is 0. The van der Waals surface area contributed by atoms with Gasteiger partial charge in [0, 0.05) is 6.04 Å². The molecule has 5 heteroatoms. The van der Waals surface area contributed by atoms with Gasteiger partial charge in [0.25, 0.3) is 0 Å². The summed E-state index contributed by atoms with van der Waals surface area (Å²) in [6.45, 7) is -0.0104. The molecule has 1 aliphatic rings. The second kappa shape index (κ2) is 4.07. The Kier molecular flexibility index (Phi) is 3.28. The molecule has 0 aromatic heterocycles. The van der Waals surface area contributed by atoms with Crippen molar-refractivity contribution in [2.75, 3.05) is 12.8 Å². The van der Waals surface area contributed by atoms with Crippen molar-refractivity contribution in [3.63, 3.8) is 0 Å². The van der Waals surface area contributed by atoms with E-state index in [1.807, 2.05) is 6.07 Å². The van der Waals surface area contributed by atoms with Crippen LogP contribution in [0.5, 0.6) is 0 Å². The van der Waals surface area contributed by atoms with Crippen LogP contribution in [0.2, 0.25) is 0 Å². The van der Waals surface area contributed by atoms with Gasteiger partial charge in [-0.25, -0.2) is 8.42 Å². The second-order valence-corrected chi connectivity index (χ2v) is 5.34. The lowest BCUT2D eigenvalue weighted by atomic mass is 10.2. The predicted octanol–water partition coefficient (Wildman–Crippen LogP) is 0.714. The average Bonchev–Trinajstić information content (AvgIpc) is 2.49. The lowest BCUT2D eigenvalue weighted by Gasteiger charge is -2.23. The molecule has 0 amide bonds. The third-order valence-electron chi connectivity index (χ3n) is 2.38. The van der Waals surface area contributed by atoms with Crippen LogP contribution < -0.4 is 0 Å². The van der Waals surface area contributed by atoms with E-state index >= 15 is 0 Å². The molecule has 1 aliphatic carbocycles. The first-order valence-electron chi connectivity index (χ1n) is 4.39. The Balaban J connectivity index is 2.74.